The smallest absolute Gasteiger partial charge is 0.321 e. The normalized spacial score (nSPS) is 15.8. The van der Waals surface area contributed by atoms with Crippen molar-refractivity contribution in [3.63, 3.8) is 0 Å². The van der Waals surface area contributed by atoms with Gasteiger partial charge < -0.3 is 5.11 Å². The van der Waals surface area contributed by atoms with Gasteiger partial charge in [0.15, 0.2) is 0 Å². The van der Waals surface area contributed by atoms with E-state index < -0.39 is 5.97 Å². The number of carbonyl (C=O) groups is 1. The van der Waals surface area contributed by atoms with Gasteiger partial charge in [-0.05, 0) is 19.0 Å². The number of carboxylic acids is 1. The fourth-order valence-electron chi connectivity index (χ4n) is 1.60. The zero-order chi connectivity index (χ0) is 10.4. The molecule has 0 aliphatic heterocycles. The molecule has 0 aromatic rings. The number of likely N-dealkylation sites (N-methyl/N-ethyl adjacent to an activating group) is 1. The molecule has 0 fully saturated rings. The number of hydrogen-bond acceptors (Lipinski definition) is 2. The van der Waals surface area contributed by atoms with Crippen LogP contribution in [0.15, 0.2) is 0 Å². The quantitative estimate of drug-likeness (QED) is 0.689. The summed E-state index contributed by atoms with van der Waals surface area (Å²) in [5.74, 6) is -0.476. The number of aliphatic carboxylic acids is 1. The first-order valence-electron chi connectivity index (χ1n) is 5.05. The molecule has 78 valence electrons. The molecular weight excluding hydrogens is 166 g/mol. The Kier molecular flexibility index (Phi) is 5.71. The Morgan fingerprint density at radius 2 is 1.77 bits per heavy atom. The van der Waals surface area contributed by atoms with E-state index in [-0.39, 0.29) is 12.0 Å². The van der Waals surface area contributed by atoms with Crippen LogP contribution in [-0.2, 0) is 4.79 Å². The summed E-state index contributed by atoms with van der Waals surface area (Å²) in [5.41, 5.74) is 0. The van der Waals surface area contributed by atoms with Crippen molar-refractivity contribution in [3.8, 4) is 0 Å². The van der Waals surface area contributed by atoms with E-state index in [1.54, 1.807) is 0 Å². The van der Waals surface area contributed by atoms with Crippen molar-refractivity contribution in [1.29, 1.82) is 0 Å². The van der Waals surface area contributed by atoms with Crippen LogP contribution in [0, 0.1) is 5.92 Å². The highest BCUT2D eigenvalue weighted by molar-refractivity contribution is 5.73. The summed E-state index contributed by atoms with van der Waals surface area (Å²) < 4.78 is 0. The SMILES string of the molecule is CCC(C)[C@@H](C(=O)O)N(CC)CC. The van der Waals surface area contributed by atoms with Crippen LogP contribution in [-0.4, -0.2) is 35.1 Å². The minimum atomic E-state index is -0.696. The van der Waals surface area contributed by atoms with Crippen LogP contribution in [0.1, 0.15) is 34.1 Å². The summed E-state index contributed by atoms with van der Waals surface area (Å²) in [4.78, 5) is 13.0. The molecule has 0 heterocycles. The van der Waals surface area contributed by atoms with Gasteiger partial charge in [-0.15, -0.1) is 0 Å². The highest BCUT2D eigenvalue weighted by Gasteiger charge is 2.27. The minimum absolute atomic E-state index is 0.220. The van der Waals surface area contributed by atoms with Crippen molar-refractivity contribution in [1.82, 2.24) is 4.90 Å². The molecule has 2 atom stereocenters. The summed E-state index contributed by atoms with van der Waals surface area (Å²) in [6.07, 6.45) is 0.910. The molecule has 0 aliphatic carbocycles. The standard InChI is InChI=1S/C10H21NO2/c1-5-8(4)9(10(12)13)11(6-2)7-3/h8-9H,5-7H2,1-4H3,(H,12,13)/t8?,9-/m0/s1. The predicted molar refractivity (Wildman–Crippen MR) is 53.8 cm³/mol. The fourth-order valence-corrected chi connectivity index (χ4v) is 1.60. The second-order valence-electron chi connectivity index (χ2n) is 3.39. The summed E-state index contributed by atoms with van der Waals surface area (Å²) in [6.45, 7) is 9.64. The molecule has 0 aliphatic rings. The molecule has 0 saturated heterocycles. The molecule has 1 unspecified atom stereocenters. The van der Waals surface area contributed by atoms with Crippen molar-refractivity contribution >= 4 is 5.97 Å². The van der Waals surface area contributed by atoms with Gasteiger partial charge in [0.1, 0.15) is 6.04 Å². The third-order valence-electron chi connectivity index (χ3n) is 2.64. The van der Waals surface area contributed by atoms with Gasteiger partial charge in [-0.3, -0.25) is 9.69 Å². The molecule has 0 bridgehead atoms. The number of carboxylic acid groups (broad SMARTS) is 1. The van der Waals surface area contributed by atoms with Crippen LogP contribution in [0.25, 0.3) is 0 Å². The molecule has 0 saturated carbocycles. The minimum Gasteiger partial charge on any atom is -0.480 e. The third kappa shape index (κ3) is 3.35. The summed E-state index contributed by atoms with van der Waals surface area (Å²) in [7, 11) is 0. The van der Waals surface area contributed by atoms with Crippen LogP contribution in [0.2, 0.25) is 0 Å². The molecule has 13 heavy (non-hydrogen) atoms. The van der Waals surface area contributed by atoms with E-state index in [1.165, 1.54) is 0 Å². The molecule has 3 heteroatoms. The van der Waals surface area contributed by atoms with Crippen LogP contribution >= 0.6 is 0 Å². The Labute approximate surface area is 80.7 Å². The van der Waals surface area contributed by atoms with E-state index >= 15 is 0 Å². The molecule has 0 rings (SSSR count). The average Bonchev–Trinajstić information content (AvgIpc) is 2.12. The lowest BCUT2D eigenvalue weighted by Gasteiger charge is -2.30. The highest BCUT2D eigenvalue weighted by atomic mass is 16.4. The van der Waals surface area contributed by atoms with Crippen molar-refractivity contribution in [2.75, 3.05) is 13.1 Å². The summed E-state index contributed by atoms with van der Waals surface area (Å²) >= 11 is 0. The summed E-state index contributed by atoms with van der Waals surface area (Å²) in [6, 6.07) is -0.319. The highest BCUT2D eigenvalue weighted by Crippen LogP contribution is 2.14. The van der Waals surface area contributed by atoms with E-state index in [1.807, 2.05) is 32.6 Å². The Morgan fingerprint density at radius 1 is 1.31 bits per heavy atom. The topological polar surface area (TPSA) is 40.5 Å². The summed E-state index contributed by atoms with van der Waals surface area (Å²) in [5, 5.41) is 9.07. The monoisotopic (exact) mass is 187 g/mol. The van der Waals surface area contributed by atoms with Gasteiger partial charge in [-0.1, -0.05) is 34.1 Å². The molecule has 0 aromatic carbocycles. The van der Waals surface area contributed by atoms with Crippen LogP contribution in [0.4, 0.5) is 0 Å². The molecule has 0 spiro atoms. The van der Waals surface area contributed by atoms with E-state index in [0.717, 1.165) is 19.5 Å². The van der Waals surface area contributed by atoms with E-state index in [4.69, 9.17) is 5.11 Å². The second-order valence-corrected chi connectivity index (χ2v) is 3.39. The van der Waals surface area contributed by atoms with Crippen LogP contribution in [0.5, 0.6) is 0 Å². The first-order chi connectivity index (χ1) is 6.08. The number of rotatable bonds is 6. The molecule has 0 aromatic heterocycles. The molecular formula is C10H21NO2. The predicted octanol–water partition coefficient (Wildman–Crippen LogP) is 1.83. The van der Waals surface area contributed by atoms with Gasteiger partial charge >= 0.3 is 5.97 Å². The van der Waals surface area contributed by atoms with E-state index in [2.05, 4.69) is 0 Å². The Hall–Kier alpha value is -0.570. The van der Waals surface area contributed by atoms with Gasteiger partial charge in [0.2, 0.25) is 0 Å². The zero-order valence-corrected chi connectivity index (χ0v) is 9.08. The largest absolute Gasteiger partial charge is 0.480 e. The first-order valence-corrected chi connectivity index (χ1v) is 5.05. The van der Waals surface area contributed by atoms with Crippen LogP contribution in [0.3, 0.4) is 0 Å². The van der Waals surface area contributed by atoms with Crippen molar-refractivity contribution < 1.29 is 9.90 Å². The van der Waals surface area contributed by atoms with Crippen LogP contribution < -0.4 is 0 Å². The van der Waals surface area contributed by atoms with Gasteiger partial charge in [0.05, 0.1) is 0 Å². The Balaban J connectivity index is 4.47. The van der Waals surface area contributed by atoms with Crippen molar-refractivity contribution in [2.45, 2.75) is 40.2 Å². The molecule has 1 N–H and O–H groups in total. The maximum absolute atomic E-state index is 11.0. The maximum Gasteiger partial charge on any atom is 0.321 e. The first kappa shape index (κ1) is 12.4. The Morgan fingerprint density at radius 3 is 2.00 bits per heavy atom. The Bertz CT molecular complexity index is 155. The van der Waals surface area contributed by atoms with E-state index in [0.29, 0.717) is 0 Å². The van der Waals surface area contributed by atoms with Gasteiger partial charge in [0.25, 0.3) is 0 Å². The molecule has 3 nitrogen and oxygen atoms in total. The van der Waals surface area contributed by atoms with Crippen molar-refractivity contribution in [3.05, 3.63) is 0 Å². The molecule has 0 amide bonds. The maximum atomic E-state index is 11.0. The fraction of sp³-hybridized carbons (Fsp3) is 0.900. The van der Waals surface area contributed by atoms with Gasteiger partial charge in [0, 0.05) is 0 Å². The third-order valence-corrected chi connectivity index (χ3v) is 2.64. The molecule has 0 radical (unpaired) electrons. The zero-order valence-electron chi connectivity index (χ0n) is 9.08. The number of hydrogen-bond donors (Lipinski definition) is 1. The van der Waals surface area contributed by atoms with E-state index in [9.17, 15) is 4.79 Å². The van der Waals surface area contributed by atoms with Gasteiger partial charge in [-0.2, -0.15) is 0 Å². The average molecular weight is 187 g/mol. The second kappa shape index (κ2) is 5.97. The number of nitrogens with zero attached hydrogens (tertiary/aromatic N) is 1. The lowest BCUT2D eigenvalue weighted by molar-refractivity contribution is -0.145. The lowest BCUT2D eigenvalue weighted by Crippen LogP contribution is -2.45. The van der Waals surface area contributed by atoms with Crippen molar-refractivity contribution in [2.24, 2.45) is 5.92 Å². The lowest BCUT2D eigenvalue weighted by atomic mass is 9.98. The van der Waals surface area contributed by atoms with Gasteiger partial charge in [-0.25, -0.2) is 0 Å².